The largest absolute Gasteiger partial charge is 0.325 e. The van der Waals surface area contributed by atoms with E-state index in [4.69, 9.17) is 5.73 Å². The van der Waals surface area contributed by atoms with Crippen LogP contribution in [-0.2, 0) is 6.54 Å². The maximum atomic E-state index is 11.7. The summed E-state index contributed by atoms with van der Waals surface area (Å²) in [5.74, 6) is 0. The summed E-state index contributed by atoms with van der Waals surface area (Å²) in [6, 6.07) is 5.57. The van der Waals surface area contributed by atoms with E-state index in [2.05, 4.69) is 15.2 Å². The fourth-order valence-corrected chi connectivity index (χ4v) is 2.45. The van der Waals surface area contributed by atoms with Gasteiger partial charge in [0, 0.05) is 22.9 Å². The predicted octanol–water partition coefficient (Wildman–Crippen LogP) is 1.51. The summed E-state index contributed by atoms with van der Waals surface area (Å²) in [6.45, 7) is 0.286. The van der Waals surface area contributed by atoms with Crippen LogP contribution in [0.25, 0.3) is 22.0 Å². The first-order chi connectivity index (χ1) is 8.79. The predicted molar refractivity (Wildman–Crippen MR) is 71.4 cm³/mol. The quantitative estimate of drug-likeness (QED) is 0.729. The maximum Gasteiger partial charge on any atom is 0.272 e. The molecule has 3 rings (SSSR count). The second kappa shape index (κ2) is 4.32. The normalized spacial score (nSPS) is 10.9. The number of nitrogens with zero attached hydrogens (tertiary/aromatic N) is 2. The summed E-state index contributed by atoms with van der Waals surface area (Å²) in [7, 11) is 0. The van der Waals surface area contributed by atoms with Crippen LogP contribution in [0.2, 0.25) is 0 Å². The Hall–Kier alpha value is -2.05. The molecular formula is C12H10N4OS. The zero-order valence-corrected chi connectivity index (χ0v) is 10.2. The number of nitrogens with two attached hydrogens (primary N) is 1. The lowest BCUT2D eigenvalue weighted by Crippen LogP contribution is -2.13. The molecule has 2 heterocycles. The van der Waals surface area contributed by atoms with Crippen LogP contribution >= 0.6 is 11.3 Å². The van der Waals surface area contributed by atoms with E-state index >= 15 is 0 Å². The number of H-pyrrole nitrogens is 1. The van der Waals surface area contributed by atoms with E-state index in [0.29, 0.717) is 11.1 Å². The second-order valence-corrected chi connectivity index (χ2v) is 4.56. The average Bonchev–Trinajstić information content (AvgIpc) is 2.93. The van der Waals surface area contributed by atoms with Crippen molar-refractivity contribution in [3.05, 3.63) is 45.1 Å². The molecule has 0 unspecified atom stereocenters. The number of benzene rings is 1. The molecule has 0 aliphatic rings. The summed E-state index contributed by atoms with van der Waals surface area (Å²) < 4.78 is 0. The Morgan fingerprint density at radius 1 is 1.33 bits per heavy atom. The molecule has 90 valence electrons. The lowest BCUT2D eigenvalue weighted by molar-refractivity contribution is 0.900. The molecule has 0 aliphatic heterocycles. The molecule has 0 radical (unpaired) electrons. The van der Waals surface area contributed by atoms with Gasteiger partial charge in [-0.3, -0.25) is 4.79 Å². The molecule has 18 heavy (non-hydrogen) atoms. The molecule has 2 aromatic heterocycles. The lowest BCUT2D eigenvalue weighted by Gasteiger charge is -2.04. The number of rotatable bonds is 2. The van der Waals surface area contributed by atoms with Gasteiger partial charge in [0.2, 0.25) is 0 Å². The van der Waals surface area contributed by atoms with E-state index in [1.807, 2.05) is 17.5 Å². The van der Waals surface area contributed by atoms with Gasteiger partial charge in [-0.25, -0.2) is 10.1 Å². The highest BCUT2D eigenvalue weighted by molar-refractivity contribution is 7.07. The smallest absolute Gasteiger partial charge is 0.272 e. The Morgan fingerprint density at radius 3 is 2.94 bits per heavy atom. The van der Waals surface area contributed by atoms with Crippen LogP contribution < -0.4 is 11.3 Å². The Morgan fingerprint density at radius 2 is 2.22 bits per heavy atom. The number of hydrogen-bond acceptors (Lipinski definition) is 5. The number of thiazole rings is 1. The molecule has 0 saturated carbocycles. The van der Waals surface area contributed by atoms with Crippen LogP contribution in [0, 0.1) is 0 Å². The van der Waals surface area contributed by atoms with Gasteiger partial charge in [-0.2, -0.15) is 5.10 Å². The summed E-state index contributed by atoms with van der Waals surface area (Å²) in [4.78, 5) is 15.9. The van der Waals surface area contributed by atoms with Crippen LogP contribution in [0.15, 0.2) is 33.9 Å². The van der Waals surface area contributed by atoms with Gasteiger partial charge >= 0.3 is 0 Å². The molecule has 0 fully saturated rings. The molecule has 0 aliphatic carbocycles. The van der Waals surface area contributed by atoms with Gasteiger partial charge in [0.25, 0.3) is 5.56 Å². The molecule has 3 aromatic rings. The lowest BCUT2D eigenvalue weighted by atomic mass is 10.1. The zero-order chi connectivity index (χ0) is 12.5. The SMILES string of the molecule is NCc1n[nH]c(=O)c2ccc(-c3cscn3)cc12. The van der Waals surface area contributed by atoms with Crippen molar-refractivity contribution in [1.82, 2.24) is 15.2 Å². The maximum absolute atomic E-state index is 11.7. The van der Waals surface area contributed by atoms with E-state index < -0.39 is 0 Å². The van der Waals surface area contributed by atoms with Crippen molar-refractivity contribution < 1.29 is 0 Å². The molecule has 0 atom stereocenters. The first kappa shape index (κ1) is 11.1. The number of aromatic nitrogens is 3. The Balaban J connectivity index is 2.31. The highest BCUT2D eigenvalue weighted by Crippen LogP contribution is 2.23. The van der Waals surface area contributed by atoms with Crippen molar-refractivity contribution in [2.24, 2.45) is 5.73 Å². The minimum atomic E-state index is -0.202. The number of nitrogens with one attached hydrogen (secondary N) is 1. The van der Waals surface area contributed by atoms with Gasteiger partial charge in [0.05, 0.1) is 22.3 Å². The fourth-order valence-electron chi connectivity index (χ4n) is 1.89. The molecule has 5 nitrogen and oxygen atoms in total. The first-order valence-electron chi connectivity index (χ1n) is 5.39. The molecule has 0 bridgehead atoms. The molecule has 0 spiro atoms. The third-order valence-corrected chi connectivity index (χ3v) is 3.38. The van der Waals surface area contributed by atoms with Crippen LogP contribution in [0.5, 0.6) is 0 Å². The van der Waals surface area contributed by atoms with E-state index in [9.17, 15) is 4.79 Å². The number of hydrogen-bond donors (Lipinski definition) is 2. The van der Waals surface area contributed by atoms with Gasteiger partial charge in [-0.05, 0) is 12.1 Å². The average molecular weight is 258 g/mol. The van der Waals surface area contributed by atoms with Crippen molar-refractivity contribution in [2.75, 3.05) is 0 Å². The van der Waals surface area contributed by atoms with E-state index in [1.165, 1.54) is 11.3 Å². The molecular weight excluding hydrogens is 248 g/mol. The van der Waals surface area contributed by atoms with Gasteiger partial charge in [-0.1, -0.05) is 6.07 Å². The monoisotopic (exact) mass is 258 g/mol. The topological polar surface area (TPSA) is 84.7 Å². The van der Waals surface area contributed by atoms with E-state index in [0.717, 1.165) is 16.6 Å². The van der Waals surface area contributed by atoms with Crippen LogP contribution in [0.1, 0.15) is 5.69 Å². The summed E-state index contributed by atoms with van der Waals surface area (Å²) in [5, 5.41) is 9.76. The van der Waals surface area contributed by atoms with Gasteiger partial charge in [0.1, 0.15) is 0 Å². The summed E-state index contributed by atoms with van der Waals surface area (Å²) >= 11 is 1.53. The molecule has 0 saturated heterocycles. The number of fused-ring (bicyclic) bond motifs is 1. The highest BCUT2D eigenvalue weighted by atomic mass is 32.1. The van der Waals surface area contributed by atoms with Crippen molar-refractivity contribution in [3.63, 3.8) is 0 Å². The minimum Gasteiger partial charge on any atom is -0.325 e. The fraction of sp³-hybridized carbons (Fsp3) is 0.0833. The molecule has 6 heteroatoms. The zero-order valence-electron chi connectivity index (χ0n) is 9.38. The molecule has 1 aromatic carbocycles. The third-order valence-electron chi connectivity index (χ3n) is 2.79. The van der Waals surface area contributed by atoms with E-state index in [1.54, 1.807) is 11.6 Å². The van der Waals surface area contributed by atoms with Crippen LogP contribution in [0.4, 0.5) is 0 Å². The van der Waals surface area contributed by atoms with Crippen LogP contribution in [0.3, 0.4) is 0 Å². The Kier molecular flexibility index (Phi) is 2.66. The highest BCUT2D eigenvalue weighted by Gasteiger charge is 2.08. The summed E-state index contributed by atoms with van der Waals surface area (Å²) in [6.07, 6.45) is 0. The standard InChI is InChI=1S/C12H10N4OS/c13-4-10-9-3-7(11-5-18-6-14-11)1-2-8(9)12(17)16-15-10/h1-3,5-6H,4,13H2,(H,16,17). The van der Waals surface area contributed by atoms with Gasteiger partial charge in [-0.15, -0.1) is 11.3 Å². The molecule has 0 amide bonds. The van der Waals surface area contributed by atoms with Gasteiger partial charge < -0.3 is 5.73 Å². The van der Waals surface area contributed by atoms with E-state index in [-0.39, 0.29) is 12.1 Å². The van der Waals surface area contributed by atoms with Crippen molar-refractivity contribution >= 4 is 22.1 Å². The minimum absolute atomic E-state index is 0.202. The third kappa shape index (κ3) is 1.71. The number of aromatic amines is 1. The van der Waals surface area contributed by atoms with Crippen molar-refractivity contribution in [1.29, 1.82) is 0 Å². The molecule has 3 N–H and O–H groups in total. The second-order valence-electron chi connectivity index (χ2n) is 3.84. The first-order valence-corrected chi connectivity index (χ1v) is 6.34. The van der Waals surface area contributed by atoms with Crippen molar-refractivity contribution in [2.45, 2.75) is 6.54 Å². The van der Waals surface area contributed by atoms with Crippen LogP contribution in [-0.4, -0.2) is 15.2 Å². The Bertz CT molecular complexity index is 748. The van der Waals surface area contributed by atoms with Crippen molar-refractivity contribution in [3.8, 4) is 11.3 Å². The Labute approximate surface area is 106 Å². The van der Waals surface area contributed by atoms with Gasteiger partial charge in [0.15, 0.2) is 0 Å². The summed E-state index contributed by atoms with van der Waals surface area (Å²) in [5.41, 5.74) is 9.75.